The molecule has 2 aliphatic rings. The van der Waals surface area contributed by atoms with Gasteiger partial charge < -0.3 is 14.4 Å². The second-order valence-corrected chi connectivity index (χ2v) is 7.82. The number of carbonyl (C=O) groups excluding carboxylic acids is 2. The Morgan fingerprint density at radius 2 is 1.75 bits per heavy atom. The number of hydrogen-bond donors (Lipinski definition) is 0. The summed E-state index contributed by atoms with van der Waals surface area (Å²) < 4.78 is 10.8. The van der Waals surface area contributed by atoms with Gasteiger partial charge in [0.25, 0.3) is 5.91 Å². The van der Waals surface area contributed by atoms with Crippen LogP contribution in [0.5, 0.6) is 5.75 Å². The van der Waals surface area contributed by atoms with Crippen LogP contribution in [-0.2, 0) is 9.53 Å². The minimum absolute atomic E-state index is 0.0790. The molecule has 0 N–H and O–H groups in total. The largest absolute Gasteiger partial charge is 0.496 e. The van der Waals surface area contributed by atoms with Crippen LogP contribution >= 0.6 is 0 Å². The SMILES string of the molecule is COc1cc2ccccc2cc1C(=O)OCC(=O)N1CCC[C@H]2CCCC[C@H]21. The number of rotatable bonds is 4. The maximum Gasteiger partial charge on any atom is 0.342 e. The average Bonchev–Trinajstić information content (AvgIpc) is 2.75. The number of methoxy groups -OCH3 is 1. The van der Waals surface area contributed by atoms with Crippen molar-refractivity contribution in [3.63, 3.8) is 0 Å². The predicted molar refractivity (Wildman–Crippen MR) is 107 cm³/mol. The third kappa shape index (κ3) is 3.71. The molecule has 0 bridgehead atoms. The third-order valence-electron chi connectivity index (χ3n) is 6.18. The zero-order chi connectivity index (χ0) is 19.5. The van der Waals surface area contributed by atoms with Gasteiger partial charge in [-0.25, -0.2) is 4.79 Å². The van der Waals surface area contributed by atoms with Crippen molar-refractivity contribution >= 4 is 22.6 Å². The first-order valence-corrected chi connectivity index (χ1v) is 10.2. The van der Waals surface area contributed by atoms with Crippen molar-refractivity contribution in [2.24, 2.45) is 5.92 Å². The topological polar surface area (TPSA) is 55.8 Å². The highest BCUT2D eigenvalue weighted by atomic mass is 16.5. The molecule has 2 fully saturated rings. The molecule has 1 amide bonds. The lowest BCUT2D eigenvalue weighted by Gasteiger charge is -2.44. The molecule has 4 rings (SSSR count). The lowest BCUT2D eigenvalue weighted by Crippen LogP contribution is -2.50. The number of fused-ring (bicyclic) bond motifs is 2. The monoisotopic (exact) mass is 381 g/mol. The average molecular weight is 381 g/mol. The smallest absolute Gasteiger partial charge is 0.342 e. The van der Waals surface area contributed by atoms with Crippen LogP contribution in [0.2, 0.25) is 0 Å². The van der Waals surface area contributed by atoms with Crippen LogP contribution in [-0.4, -0.2) is 43.1 Å². The number of amides is 1. The van der Waals surface area contributed by atoms with Crippen LogP contribution in [0.25, 0.3) is 10.8 Å². The molecule has 148 valence electrons. The van der Waals surface area contributed by atoms with E-state index in [1.165, 1.54) is 32.8 Å². The highest BCUT2D eigenvalue weighted by Gasteiger charge is 2.35. The van der Waals surface area contributed by atoms with Crippen molar-refractivity contribution in [2.45, 2.75) is 44.6 Å². The van der Waals surface area contributed by atoms with Gasteiger partial charge in [-0.1, -0.05) is 37.1 Å². The maximum atomic E-state index is 12.8. The summed E-state index contributed by atoms with van der Waals surface area (Å²) in [6.45, 7) is 0.564. The number of ether oxygens (including phenoxy) is 2. The summed E-state index contributed by atoms with van der Waals surface area (Å²) in [7, 11) is 1.53. The van der Waals surface area contributed by atoms with Crippen molar-refractivity contribution in [2.75, 3.05) is 20.3 Å². The molecule has 2 aromatic carbocycles. The lowest BCUT2D eigenvalue weighted by molar-refractivity contribution is -0.140. The minimum atomic E-state index is -0.520. The molecule has 1 aliphatic heterocycles. The van der Waals surface area contributed by atoms with E-state index in [0.29, 0.717) is 23.3 Å². The molecule has 0 aromatic heterocycles. The van der Waals surface area contributed by atoms with Gasteiger partial charge in [-0.2, -0.15) is 0 Å². The fourth-order valence-corrected chi connectivity index (χ4v) is 4.77. The number of benzene rings is 2. The van der Waals surface area contributed by atoms with Gasteiger partial charge in [0.05, 0.1) is 7.11 Å². The van der Waals surface area contributed by atoms with E-state index in [2.05, 4.69) is 0 Å². The molecule has 0 radical (unpaired) electrons. The molecule has 2 atom stereocenters. The molecule has 5 nitrogen and oxygen atoms in total. The highest BCUT2D eigenvalue weighted by Crippen LogP contribution is 2.35. The number of nitrogens with zero attached hydrogens (tertiary/aromatic N) is 1. The van der Waals surface area contributed by atoms with E-state index in [9.17, 15) is 9.59 Å². The lowest BCUT2D eigenvalue weighted by atomic mass is 9.78. The van der Waals surface area contributed by atoms with E-state index in [0.717, 1.165) is 30.2 Å². The Balaban J connectivity index is 1.45. The highest BCUT2D eigenvalue weighted by molar-refractivity contribution is 5.99. The van der Waals surface area contributed by atoms with Crippen LogP contribution in [0.4, 0.5) is 0 Å². The Morgan fingerprint density at radius 1 is 1.04 bits per heavy atom. The summed E-state index contributed by atoms with van der Waals surface area (Å²) in [4.78, 5) is 27.4. The number of hydrogen-bond acceptors (Lipinski definition) is 4. The van der Waals surface area contributed by atoms with Gasteiger partial charge >= 0.3 is 5.97 Å². The van der Waals surface area contributed by atoms with E-state index in [1.54, 1.807) is 6.07 Å². The number of esters is 1. The molecule has 0 unspecified atom stereocenters. The fourth-order valence-electron chi connectivity index (χ4n) is 4.77. The molecular weight excluding hydrogens is 354 g/mol. The van der Waals surface area contributed by atoms with E-state index in [1.807, 2.05) is 35.2 Å². The second kappa shape index (κ2) is 8.21. The summed E-state index contributed by atoms with van der Waals surface area (Å²) in [5, 5.41) is 1.92. The van der Waals surface area contributed by atoms with Crippen molar-refractivity contribution in [3.05, 3.63) is 42.0 Å². The summed E-state index contributed by atoms with van der Waals surface area (Å²) in [6.07, 6.45) is 6.98. The summed E-state index contributed by atoms with van der Waals surface area (Å²) in [5.74, 6) is 0.474. The Morgan fingerprint density at radius 3 is 2.54 bits per heavy atom. The standard InChI is InChI=1S/C23H27NO4/c1-27-21-14-18-9-3-2-8-17(18)13-19(21)23(26)28-15-22(25)24-12-6-10-16-7-4-5-11-20(16)24/h2-3,8-9,13-14,16,20H,4-7,10-12,15H2,1H3/t16-,20-/m1/s1. The van der Waals surface area contributed by atoms with Gasteiger partial charge in [0.15, 0.2) is 6.61 Å². The molecular formula is C23H27NO4. The van der Waals surface area contributed by atoms with Crippen LogP contribution in [0.15, 0.2) is 36.4 Å². The van der Waals surface area contributed by atoms with Gasteiger partial charge in [-0.15, -0.1) is 0 Å². The van der Waals surface area contributed by atoms with E-state index in [4.69, 9.17) is 9.47 Å². The molecule has 5 heteroatoms. The van der Waals surface area contributed by atoms with E-state index in [-0.39, 0.29) is 12.5 Å². The molecule has 1 aliphatic carbocycles. The first kappa shape index (κ1) is 18.8. The molecule has 1 saturated carbocycles. The summed E-state index contributed by atoms with van der Waals surface area (Å²) >= 11 is 0. The zero-order valence-corrected chi connectivity index (χ0v) is 16.4. The summed E-state index contributed by atoms with van der Waals surface area (Å²) in [5.41, 5.74) is 0.350. The molecule has 0 spiro atoms. The maximum absolute atomic E-state index is 12.8. The molecule has 1 saturated heterocycles. The van der Waals surface area contributed by atoms with E-state index >= 15 is 0 Å². The van der Waals surface area contributed by atoms with Crippen LogP contribution in [0, 0.1) is 5.92 Å². The minimum Gasteiger partial charge on any atom is -0.496 e. The van der Waals surface area contributed by atoms with Gasteiger partial charge in [0.1, 0.15) is 11.3 Å². The Labute approximate surface area is 165 Å². The van der Waals surface area contributed by atoms with E-state index < -0.39 is 5.97 Å². The fraction of sp³-hybridized carbons (Fsp3) is 0.478. The second-order valence-electron chi connectivity index (χ2n) is 7.82. The van der Waals surface area contributed by atoms with Crippen molar-refractivity contribution < 1.29 is 19.1 Å². The van der Waals surface area contributed by atoms with Crippen molar-refractivity contribution in [1.29, 1.82) is 0 Å². The van der Waals surface area contributed by atoms with Crippen molar-refractivity contribution in [1.82, 2.24) is 4.90 Å². The van der Waals surface area contributed by atoms with Gasteiger partial charge in [0.2, 0.25) is 0 Å². The molecule has 2 aromatic rings. The number of likely N-dealkylation sites (tertiary alicyclic amines) is 1. The summed E-state index contributed by atoms with van der Waals surface area (Å²) in [6, 6.07) is 11.7. The number of piperidine rings is 1. The zero-order valence-electron chi connectivity index (χ0n) is 16.4. The van der Waals surface area contributed by atoms with Crippen LogP contribution < -0.4 is 4.74 Å². The number of carbonyl (C=O) groups is 2. The Kier molecular flexibility index (Phi) is 5.51. The van der Waals surface area contributed by atoms with Gasteiger partial charge in [-0.05, 0) is 54.5 Å². The normalized spacial score (nSPS) is 21.8. The van der Waals surface area contributed by atoms with Gasteiger partial charge in [0, 0.05) is 12.6 Å². The Hall–Kier alpha value is -2.56. The quantitative estimate of drug-likeness (QED) is 0.746. The van der Waals surface area contributed by atoms with Crippen LogP contribution in [0.1, 0.15) is 48.9 Å². The molecule has 1 heterocycles. The van der Waals surface area contributed by atoms with Gasteiger partial charge in [-0.3, -0.25) is 4.79 Å². The first-order valence-electron chi connectivity index (χ1n) is 10.2. The molecule has 28 heavy (non-hydrogen) atoms. The Bertz CT molecular complexity index is 876. The third-order valence-corrected chi connectivity index (χ3v) is 6.18. The predicted octanol–water partition coefficient (Wildman–Crippen LogP) is 4.19. The van der Waals surface area contributed by atoms with Crippen molar-refractivity contribution in [3.8, 4) is 5.75 Å². The first-order chi connectivity index (χ1) is 13.7. The van der Waals surface area contributed by atoms with Crippen LogP contribution in [0.3, 0.4) is 0 Å².